The van der Waals surface area contributed by atoms with Crippen LogP contribution in [0.5, 0.6) is 0 Å². The van der Waals surface area contributed by atoms with E-state index < -0.39 is 11.9 Å². The van der Waals surface area contributed by atoms with E-state index in [1.165, 1.54) is 12.8 Å². The Morgan fingerprint density at radius 3 is 2.62 bits per heavy atom. The molecule has 0 radical (unpaired) electrons. The Morgan fingerprint density at radius 1 is 1.31 bits per heavy atom. The number of hydrogen-bond donors (Lipinski definition) is 2. The molecule has 2 N–H and O–H groups in total. The van der Waals surface area contributed by atoms with E-state index in [1.807, 2.05) is 18.5 Å². The van der Waals surface area contributed by atoms with E-state index in [0.717, 1.165) is 41.2 Å². The van der Waals surface area contributed by atoms with Gasteiger partial charge in [-0.05, 0) is 19.8 Å². The van der Waals surface area contributed by atoms with Crippen LogP contribution in [0.4, 0.5) is 13.2 Å². The molecule has 0 bridgehead atoms. The summed E-state index contributed by atoms with van der Waals surface area (Å²) in [7, 11) is 1.89. The second-order valence-electron chi connectivity index (χ2n) is 6.81. The van der Waals surface area contributed by atoms with Crippen LogP contribution in [0, 0.1) is 6.92 Å². The van der Waals surface area contributed by atoms with Gasteiger partial charge < -0.3 is 15.2 Å². The molecule has 1 saturated carbocycles. The zero-order valence-corrected chi connectivity index (χ0v) is 19.4. The number of aryl methyl sites for hydroxylation is 1. The minimum atomic E-state index is -4.40. The Morgan fingerprint density at radius 2 is 2.03 bits per heavy atom. The van der Waals surface area contributed by atoms with Crippen LogP contribution in [0.1, 0.15) is 48.0 Å². The molecule has 0 amide bonds. The van der Waals surface area contributed by atoms with Crippen molar-refractivity contribution in [1.29, 1.82) is 0 Å². The van der Waals surface area contributed by atoms with Gasteiger partial charge in [-0.2, -0.15) is 13.2 Å². The zero-order chi connectivity index (χ0) is 20.1. The number of guanidine groups is 1. The van der Waals surface area contributed by atoms with Crippen molar-refractivity contribution < 1.29 is 13.2 Å². The quantitative estimate of drug-likeness (QED) is 0.332. The van der Waals surface area contributed by atoms with Crippen LogP contribution in [0.2, 0.25) is 0 Å². The molecule has 2 heterocycles. The first-order chi connectivity index (χ1) is 13.3. The third-order valence-electron chi connectivity index (χ3n) is 4.73. The Labute approximate surface area is 188 Å². The molecule has 29 heavy (non-hydrogen) atoms. The maximum Gasteiger partial charge on any atom is 0.434 e. The number of halogens is 4. The molecule has 2 aromatic rings. The molecule has 0 aromatic carbocycles. The lowest BCUT2D eigenvalue weighted by molar-refractivity contribution is -0.140. The average molecular weight is 543 g/mol. The van der Waals surface area contributed by atoms with Crippen molar-refractivity contribution >= 4 is 41.3 Å². The number of aliphatic imine (C=N–C) groups is 1. The van der Waals surface area contributed by atoms with Crippen LogP contribution in [-0.4, -0.2) is 38.3 Å². The largest absolute Gasteiger partial charge is 0.434 e. The summed E-state index contributed by atoms with van der Waals surface area (Å²) in [5.74, 6) is 2.20. The number of hydrogen-bond acceptors (Lipinski definition) is 5. The molecule has 0 unspecified atom stereocenters. The summed E-state index contributed by atoms with van der Waals surface area (Å²) < 4.78 is 39.9. The molecule has 0 aliphatic heterocycles. The molecule has 3 rings (SSSR count). The van der Waals surface area contributed by atoms with Crippen molar-refractivity contribution in [3.8, 4) is 0 Å². The summed E-state index contributed by atoms with van der Waals surface area (Å²) in [5.41, 5.74) is -0.830. The highest BCUT2D eigenvalue weighted by Crippen LogP contribution is 2.30. The lowest BCUT2D eigenvalue weighted by Crippen LogP contribution is -2.43. The van der Waals surface area contributed by atoms with Gasteiger partial charge in [0.05, 0.1) is 5.01 Å². The Hall–Kier alpha value is -1.44. The monoisotopic (exact) mass is 543 g/mol. The van der Waals surface area contributed by atoms with E-state index in [-0.39, 0.29) is 24.0 Å². The van der Waals surface area contributed by atoms with Crippen molar-refractivity contribution in [1.82, 2.24) is 30.4 Å². The molecular formula is C17H25F3IN7S. The summed E-state index contributed by atoms with van der Waals surface area (Å²) in [6.07, 6.45) is 0.554. The molecule has 1 aliphatic carbocycles. The number of nitrogens with one attached hydrogen (secondary N) is 2. The molecule has 0 spiro atoms. The SMILES string of the molecule is Cc1nnc(CN=C(NCCc2nc(C(F)(F)F)cs2)NC2CCCC2)n1C.I. The van der Waals surface area contributed by atoms with E-state index >= 15 is 0 Å². The minimum Gasteiger partial charge on any atom is -0.356 e. The van der Waals surface area contributed by atoms with Crippen molar-refractivity contribution in [3.63, 3.8) is 0 Å². The van der Waals surface area contributed by atoms with Crippen LogP contribution in [0.3, 0.4) is 0 Å². The van der Waals surface area contributed by atoms with Crippen molar-refractivity contribution in [2.75, 3.05) is 6.54 Å². The molecule has 1 fully saturated rings. The van der Waals surface area contributed by atoms with Crippen LogP contribution in [0.15, 0.2) is 10.4 Å². The average Bonchev–Trinajstić information content (AvgIpc) is 3.37. The minimum absolute atomic E-state index is 0. The Balaban J connectivity index is 0.00000300. The third kappa shape index (κ3) is 6.79. The summed E-state index contributed by atoms with van der Waals surface area (Å²) in [6, 6.07) is 0.365. The Kier molecular flexibility index (Phi) is 8.67. The number of rotatable bonds is 6. The molecule has 12 heteroatoms. The predicted octanol–water partition coefficient (Wildman–Crippen LogP) is 3.44. The zero-order valence-electron chi connectivity index (χ0n) is 16.3. The van der Waals surface area contributed by atoms with Gasteiger partial charge >= 0.3 is 6.18 Å². The van der Waals surface area contributed by atoms with E-state index in [4.69, 9.17) is 0 Å². The molecular weight excluding hydrogens is 518 g/mol. The standard InChI is InChI=1S/C17H24F3N7S.HI/c1-11-25-26-14(27(11)2)9-22-16(23-12-5-3-4-6-12)21-8-7-15-24-13(10-28-15)17(18,19)20;/h10,12H,3-9H2,1-2H3,(H2,21,22,23);1H. The second-order valence-corrected chi connectivity index (χ2v) is 7.76. The summed E-state index contributed by atoms with van der Waals surface area (Å²) in [6.45, 7) is 2.69. The number of thiazole rings is 1. The molecule has 1 aliphatic rings. The molecule has 2 aromatic heterocycles. The smallest absolute Gasteiger partial charge is 0.356 e. The number of nitrogens with zero attached hydrogens (tertiary/aromatic N) is 5. The van der Waals surface area contributed by atoms with Crippen molar-refractivity contribution in [3.05, 3.63) is 27.7 Å². The van der Waals surface area contributed by atoms with E-state index in [9.17, 15) is 13.2 Å². The van der Waals surface area contributed by atoms with Crippen molar-refractivity contribution in [2.24, 2.45) is 12.0 Å². The Bertz CT molecular complexity index is 812. The molecule has 0 atom stereocenters. The van der Waals surface area contributed by atoms with Gasteiger partial charge in [0, 0.05) is 31.4 Å². The fourth-order valence-electron chi connectivity index (χ4n) is 3.00. The van der Waals surface area contributed by atoms with Gasteiger partial charge in [-0.15, -0.1) is 45.5 Å². The van der Waals surface area contributed by atoms with Crippen LogP contribution < -0.4 is 10.6 Å². The predicted molar refractivity (Wildman–Crippen MR) is 117 cm³/mol. The van der Waals surface area contributed by atoms with Crippen LogP contribution >= 0.6 is 35.3 Å². The fourth-order valence-corrected chi connectivity index (χ4v) is 3.80. The number of aromatic nitrogens is 4. The van der Waals surface area contributed by atoms with E-state index in [1.54, 1.807) is 0 Å². The molecule has 162 valence electrons. The highest BCUT2D eigenvalue weighted by molar-refractivity contribution is 14.0. The van der Waals surface area contributed by atoms with Gasteiger partial charge in [-0.3, -0.25) is 0 Å². The normalized spacial score (nSPS) is 15.4. The first kappa shape index (κ1) is 23.8. The lowest BCUT2D eigenvalue weighted by atomic mass is 10.2. The van der Waals surface area contributed by atoms with Crippen LogP contribution in [-0.2, 0) is 26.2 Å². The van der Waals surface area contributed by atoms with E-state index in [0.29, 0.717) is 36.5 Å². The molecule has 7 nitrogen and oxygen atoms in total. The highest BCUT2D eigenvalue weighted by Gasteiger charge is 2.33. The van der Waals surface area contributed by atoms with Gasteiger partial charge in [-0.25, -0.2) is 9.98 Å². The second kappa shape index (κ2) is 10.5. The van der Waals surface area contributed by atoms with E-state index in [2.05, 4.69) is 30.8 Å². The summed E-state index contributed by atoms with van der Waals surface area (Å²) in [4.78, 5) is 8.24. The first-order valence-corrected chi connectivity index (χ1v) is 10.1. The maximum absolute atomic E-state index is 12.7. The van der Waals surface area contributed by atoms with Crippen LogP contribution in [0.25, 0.3) is 0 Å². The van der Waals surface area contributed by atoms with Gasteiger partial charge in [0.2, 0.25) is 0 Å². The number of alkyl halides is 3. The first-order valence-electron chi connectivity index (χ1n) is 9.24. The fraction of sp³-hybridized carbons (Fsp3) is 0.647. The summed E-state index contributed by atoms with van der Waals surface area (Å²) in [5, 5.41) is 16.3. The summed E-state index contributed by atoms with van der Waals surface area (Å²) >= 11 is 1.02. The lowest BCUT2D eigenvalue weighted by Gasteiger charge is -2.17. The van der Waals surface area contributed by atoms with Crippen molar-refractivity contribution in [2.45, 2.75) is 57.8 Å². The highest BCUT2D eigenvalue weighted by atomic mass is 127. The third-order valence-corrected chi connectivity index (χ3v) is 5.64. The van der Waals surface area contributed by atoms with Gasteiger partial charge in [0.15, 0.2) is 17.5 Å². The van der Waals surface area contributed by atoms with Gasteiger partial charge in [0.25, 0.3) is 0 Å². The van der Waals surface area contributed by atoms with Gasteiger partial charge in [0.1, 0.15) is 12.4 Å². The maximum atomic E-state index is 12.7. The molecule has 0 saturated heterocycles. The topological polar surface area (TPSA) is 80.0 Å². The van der Waals surface area contributed by atoms with Gasteiger partial charge in [-0.1, -0.05) is 12.8 Å².